The van der Waals surface area contributed by atoms with E-state index in [1.165, 1.54) is 11.8 Å². The van der Waals surface area contributed by atoms with Crippen molar-refractivity contribution in [2.24, 2.45) is 0 Å². The molecular formula is C23H21ClN4O2S. The topological polar surface area (TPSA) is 69.0 Å². The first-order valence-electron chi connectivity index (χ1n) is 9.72. The minimum Gasteiger partial charge on any atom is -0.458 e. The smallest absolute Gasteiger partial charge is 0.338 e. The average molecular weight is 453 g/mol. The monoisotopic (exact) mass is 452 g/mol. The zero-order valence-electron chi connectivity index (χ0n) is 16.9. The average Bonchev–Trinajstić information content (AvgIpc) is 3.18. The number of nitrogens with one attached hydrogen (secondary N) is 1. The molecule has 1 aromatic heterocycles. The zero-order chi connectivity index (χ0) is 21.8. The molecule has 1 N–H and O–H groups in total. The Bertz CT molecular complexity index is 1140. The molecule has 0 fully saturated rings. The number of hydrogen-bond donors (Lipinski definition) is 1. The lowest BCUT2D eigenvalue weighted by molar-refractivity contribution is -0.138. The summed E-state index contributed by atoms with van der Waals surface area (Å²) in [6.45, 7) is 5.60. The van der Waals surface area contributed by atoms with Gasteiger partial charge in [-0.3, -0.25) is 0 Å². The SMILES string of the molecule is C=CCOC(=O)C1=C(C)Nc2nc(SCc3ccccc3Cl)nn2[C@@H]1c1ccccc1. The van der Waals surface area contributed by atoms with E-state index in [0.29, 0.717) is 33.2 Å². The number of aromatic nitrogens is 3. The molecule has 2 aromatic carbocycles. The van der Waals surface area contributed by atoms with Crippen molar-refractivity contribution in [1.29, 1.82) is 0 Å². The van der Waals surface area contributed by atoms with Crippen LogP contribution in [0.4, 0.5) is 5.95 Å². The van der Waals surface area contributed by atoms with E-state index in [4.69, 9.17) is 21.4 Å². The maximum absolute atomic E-state index is 12.9. The van der Waals surface area contributed by atoms with Crippen LogP contribution in [0.2, 0.25) is 5.02 Å². The number of esters is 1. The van der Waals surface area contributed by atoms with E-state index in [1.807, 2.05) is 61.5 Å². The molecule has 0 spiro atoms. The molecule has 3 aromatic rings. The lowest BCUT2D eigenvalue weighted by Gasteiger charge is -2.28. The molecule has 6 nitrogen and oxygen atoms in total. The molecule has 0 aliphatic carbocycles. The van der Waals surface area contributed by atoms with Gasteiger partial charge in [0.15, 0.2) is 0 Å². The quantitative estimate of drug-likeness (QED) is 0.300. The minimum absolute atomic E-state index is 0.139. The van der Waals surface area contributed by atoms with E-state index in [-0.39, 0.29) is 6.61 Å². The van der Waals surface area contributed by atoms with Crippen LogP contribution in [0.5, 0.6) is 0 Å². The second kappa shape index (κ2) is 9.41. The number of halogens is 1. The van der Waals surface area contributed by atoms with Crippen LogP contribution >= 0.6 is 23.4 Å². The van der Waals surface area contributed by atoms with Crippen LogP contribution in [0, 0.1) is 0 Å². The molecular weight excluding hydrogens is 432 g/mol. The highest BCUT2D eigenvalue weighted by molar-refractivity contribution is 7.98. The van der Waals surface area contributed by atoms with Crippen molar-refractivity contribution in [3.8, 4) is 0 Å². The Balaban J connectivity index is 1.67. The van der Waals surface area contributed by atoms with E-state index in [2.05, 4.69) is 16.9 Å². The van der Waals surface area contributed by atoms with Crippen LogP contribution in [0.1, 0.15) is 24.1 Å². The van der Waals surface area contributed by atoms with Gasteiger partial charge in [-0.05, 0) is 24.1 Å². The van der Waals surface area contributed by atoms with Gasteiger partial charge in [-0.1, -0.05) is 84.5 Å². The predicted molar refractivity (Wildman–Crippen MR) is 123 cm³/mol. The van der Waals surface area contributed by atoms with Gasteiger partial charge in [0.2, 0.25) is 11.1 Å². The standard InChI is InChI=1S/C23H21ClN4O2S/c1-3-13-30-21(29)19-15(2)25-22-26-23(31-14-17-11-7-8-12-18(17)24)27-28(22)20(19)16-9-5-4-6-10-16/h3-12,20H,1,13-14H2,2H3,(H,25,26,27)/t20-/m1/s1. The van der Waals surface area contributed by atoms with Gasteiger partial charge in [0.1, 0.15) is 12.6 Å². The van der Waals surface area contributed by atoms with Crippen LogP contribution in [0.3, 0.4) is 0 Å². The summed E-state index contributed by atoms with van der Waals surface area (Å²) >= 11 is 7.76. The van der Waals surface area contributed by atoms with Gasteiger partial charge in [0.25, 0.3) is 0 Å². The number of hydrogen-bond acceptors (Lipinski definition) is 6. The van der Waals surface area contributed by atoms with Crippen LogP contribution < -0.4 is 5.32 Å². The number of carbonyl (C=O) groups is 1. The fourth-order valence-electron chi connectivity index (χ4n) is 3.37. The molecule has 2 heterocycles. The summed E-state index contributed by atoms with van der Waals surface area (Å²) in [5.41, 5.74) is 3.11. The van der Waals surface area contributed by atoms with Gasteiger partial charge in [-0.15, -0.1) is 5.10 Å². The van der Waals surface area contributed by atoms with E-state index in [0.717, 1.165) is 11.1 Å². The van der Waals surface area contributed by atoms with Crippen molar-refractivity contribution in [2.75, 3.05) is 11.9 Å². The maximum atomic E-state index is 12.9. The van der Waals surface area contributed by atoms with Gasteiger partial charge in [0.05, 0.1) is 5.57 Å². The molecule has 0 saturated heterocycles. The van der Waals surface area contributed by atoms with Crippen molar-refractivity contribution >= 4 is 35.3 Å². The molecule has 0 unspecified atom stereocenters. The number of carbonyl (C=O) groups excluding carboxylic acids is 1. The fraction of sp³-hybridized carbons (Fsp3) is 0.174. The lowest BCUT2D eigenvalue weighted by Crippen LogP contribution is -2.29. The summed E-state index contributed by atoms with van der Waals surface area (Å²) in [6.07, 6.45) is 1.55. The molecule has 0 bridgehead atoms. The third-order valence-electron chi connectivity index (χ3n) is 4.82. The number of anilines is 1. The minimum atomic E-state index is -0.447. The summed E-state index contributed by atoms with van der Waals surface area (Å²) in [5, 5.41) is 9.21. The van der Waals surface area contributed by atoms with Crippen LogP contribution in [0.25, 0.3) is 0 Å². The zero-order valence-corrected chi connectivity index (χ0v) is 18.5. The van der Waals surface area contributed by atoms with Gasteiger partial charge in [0, 0.05) is 16.5 Å². The first-order chi connectivity index (χ1) is 15.1. The van der Waals surface area contributed by atoms with Crippen molar-refractivity contribution in [2.45, 2.75) is 23.9 Å². The molecule has 1 aliphatic rings. The van der Waals surface area contributed by atoms with Crippen LogP contribution in [-0.2, 0) is 15.3 Å². The Morgan fingerprint density at radius 3 is 2.74 bits per heavy atom. The van der Waals surface area contributed by atoms with E-state index >= 15 is 0 Å². The van der Waals surface area contributed by atoms with Crippen molar-refractivity contribution in [3.05, 3.63) is 94.7 Å². The number of benzene rings is 2. The Morgan fingerprint density at radius 1 is 1.26 bits per heavy atom. The van der Waals surface area contributed by atoms with Gasteiger partial charge in [-0.25, -0.2) is 9.48 Å². The Kier molecular flexibility index (Phi) is 6.44. The Morgan fingerprint density at radius 2 is 2.00 bits per heavy atom. The second-order valence-corrected chi connectivity index (χ2v) is 8.26. The largest absolute Gasteiger partial charge is 0.458 e. The molecule has 31 heavy (non-hydrogen) atoms. The number of rotatable bonds is 7. The Hall–Kier alpha value is -3.03. The highest BCUT2D eigenvalue weighted by Crippen LogP contribution is 2.37. The molecule has 4 rings (SSSR count). The highest BCUT2D eigenvalue weighted by Gasteiger charge is 2.35. The van der Waals surface area contributed by atoms with Crippen molar-refractivity contribution in [1.82, 2.24) is 14.8 Å². The number of fused-ring (bicyclic) bond motifs is 1. The third kappa shape index (κ3) is 4.52. The third-order valence-corrected chi connectivity index (χ3v) is 6.07. The number of nitrogens with zero attached hydrogens (tertiary/aromatic N) is 3. The molecule has 0 amide bonds. The summed E-state index contributed by atoms with van der Waals surface area (Å²) in [5.74, 6) is 0.804. The van der Waals surface area contributed by atoms with Gasteiger partial charge >= 0.3 is 5.97 Å². The lowest BCUT2D eigenvalue weighted by atomic mass is 9.96. The molecule has 0 saturated carbocycles. The van der Waals surface area contributed by atoms with Gasteiger partial charge < -0.3 is 10.1 Å². The van der Waals surface area contributed by atoms with E-state index in [9.17, 15) is 4.79 Å². The van der Waals surface area contributed by atoms with Gasteiger partial charge in [-0.2, -0.15) is 4.98 Å². The molecule has 1 aliphatic heterocycles. The van der Waals surface area contributed by atoms with E-state index < -0.39 is 12.0 Å². The summed E-state index contributed by atoms with van der Waals surface area (Å²) in [7, 11) is 0. The number of allylic oxidation sites excluding steroid dienone is 1. The first-order valence-corrected chi connectivity index (χ1v) is 11.1. The summed E-state index contributed by atoms with van der Waals surface area (Å²) in [6, 6.07) is 17.0. The van der Waals surface area contributed by atoms with Crippen molar-refractivity contribution < 1.29 is 9.53 Å². The second-order valence-electron chi connectivity index (χ2n) is 6.91. The van der Waals surface area contributed by atoms with Crippen LogP contribution in [0.15, 0.2) is 83.7 Å². The molecule has 0 radical (unpaired) electrons. The normalized spacial score (nSPS) is 15.2. The Labute approximate surface area is 190 Å². The van der Waals surface area contributed by atoms with E-state index in [1.54, 1.807) is 10.8 Å². The number of thioether (sulfide) groups is 1. The summed E-state index contributed by atoms with van der Waals surface area (Å²) in [4.78, 5) is 17.5. The molecule has 8 heteroatoms. The summed E-state index contributed by atoms with van der Waals surface area (Å²) < 4.78 is 7.09. The maximum Gasteiger partial charge on any atom is 0.338 e. The van der Waals surface area contributed by atoms with Crippen molar-refractivity contribution in [3.63, 3.8) is 0 Å². The highest BCUT2D eigenvalue weighted by atomic mass is 35.5. The number of ether oxygens (including phenoxy) is 1. The fourth-order valence-corrected chi connectivity index (χ4v) is 4.49. The molecule has 1 atom stereocenters. The predicted octanol–water partition coefficient (Wildman–Crippen LogP) is 5.24. The first kappa shape index (κ1) is 21.2. The molecule has 158 valence electrons. The van der Waals surface area contributed by atoms with Crippen LogP contribution in [-0.4, -0.2) is 27.3 Å².